The van der Waals surface area contributed by atoms with Gasteiger partial charge in [-0.2, -0.15) is 0 Å². The molecule has 0 bridgehead atoms. The van der Waals surface area contributed by atoms with Crippen molar-refractivity contribution in [1.29, 1.82) is 0 Å². The van der Waals surface area contributed by atoms with E-state index in [1.54, 1.807) is 27.8 Å². The normalized spacial score (nSPS) is 17.0. The minimum Gasteiger partial charge on any atom is -0.377 e. The first-order chi connectivity index (χ1) is 13.0. The van der Waals surface area contributed by atoms with Gasteiger partial charge in [-0.25, -0.2) is 9.37 Å². The van der Waals surface area contributed by atoms with Crippen LogP contribution >= 0.6 is 11.3 Å². The molecule has 6 nitrogen and oxygen atoms in total. The van der Waals surface area contributed by atoms with Crippen LogP contribution in [-0.2, 0) is 20.7 Å². The Kier molecular flexibility index (Phi) is 6.52. The maximum atomic E-state index is 13.2. The molecule has 1 aliphatic rings. The number of benzene rings is 1. The molecule has 0 spiro atoms. The monoisotopic (exact) mass is 391 g/mol. The number of morpholine rings is 1. The van der Waals surface area contributed by atoms with Crippen molar-refractivity contribution < 1.29 is 18.7 Å². The first-order valence-corrected chi connectivity index (χ1v) is 9.72. The average Bonchev–Trinajstić information content (AvgIpc) is 3.05. The summed E-state index contributed by atoms with van der Waals surface area (Å²) in [5.74, 6) is -0.675. The molecule has 3 rings (SSSR count). The molecule has 2 aromatic rings. The molecule has 1 aromatic carbocycles. The SMILES string of the molecule is Cc1ncsc1CCC(=O)N1CCOC[C@H]1CC(=O)Nc1cccc(F)c1. The molecule has 27 heavy (non-hydrogen) atoms. The molecule has 144 valence electrons. The number of anilines is 1. The molecule has 1 aliphatic heterocycles. The van der Waals surface area contributed by atoms with Crippen LogP contribution in [-0.4, -0.2) is 47.5 Å². The summed E-state index contributed by atoms with van der Waals surface area (Å²) in [7, 11) is 0. The number of ether oxygens (including phenoxy) is 1. The Morgan fingerprint density at radius 3 is 3.04 bits per heavy atom. The first-order valence-electron chi connectivity index (χ1n) is 8.84. The summed E-state index contributed by atoms with van der Waals surface area (Å²) >= 11 is 1.55. The fourth-order valence-electron chi connectivity index (χ4n) is 3.07. The van der Waals surface area contributed by atoms with E-state index < -0.39 is 5.82 Å². The number of thiazole rings is 1. The average molecular weight is 391 g/mol. The summed E-state index contributed by atoms with van der Waals surface area (Å²) in [4.78, 5) is 32.0. The Morgan fingerprint density at radius 1 is 1.44 bits per heavy atom. The quantitative estimate of drug-likeness (QED) is 0.822. The topological polar surface area (TPSA) is 71.5 Å². The third kappa shape index (κ3) is 5.33. The standard InChI is InChI=1S/C19H22FN3O3S/c1-13-17(27-12-21-13)5-6-19(25)23-7-8-26-11-16(23)10-18(24)22-15-4-2-3-14(20)9-15/h2-4,9,12,16H,5-8,10-11H2,1H3,(H,22,24)/t16-/m1/s1. The molecule has 2 heterocycles. The van der Waals surface area contributed by atoms with Crippen LogP contribution < -0.4 is 5.32 Å². The molecule has 2 amide bonds. The van der Waals surface area contributed by atoms with Crippen LogP contribution in [0.5, 0.6) is 0 Å². The van der Waals surface area contributed by atoms with E-state index in [1.807, 2.05) is 6.92 Å². The van der Waals surface area contributed by atoms with Crippen molar-refractivity contribution in [3.63, 3.8) is 0 Å². The predicted molar refractivity (Wildman–Crippen MR) is 101 cm³/mol. The van der Waals surface area contributed by atoms with Crippen LogP contribution in [0.3, 0.4) is 0 Å². The lowest BCUT2D eigenvalue weighted by Crippen LogP contribution is -2.50. The maximum absolute atomic E-state index is 13.2. The van der Waals surface area contributed by atoms with Crippen LogP contribution in [0.15, 0.2) is 29.8 Å². The maximum Gasteiger partial charge on any atom is 0.226 e. The molecule has 0 saturated carbocycles. The highest BCUT2D eigenvalue weighted by Gasteiger charge is 2.29. The highest BCUT2D eigenvalue weighted by atomic mass is 32.1. The van der Waals surface area contributed by atoms with Gasteiger partial charge in [0.05, 0.1) is 30.5 Å². The second kappa shape index (κ2) is 9.05. The van der Waals surface area contributed by atoms with Crippen LogP contribution in [0.1, 0.15) is 23.4 Å². The fraction of sp³-hybridized carbons (Fsp3) is 0.421. The third-order valence-electron chi connectivity index (χ3n) is 4.49. The van der Waals surface area contributed by atoms with Crippen molar-refractivity contribution in [2.24, 2.45) is 0 Å². The molecule has 1 saturated heterocycles. The van der Waals surface area contributed by atoms with Crippen molar-refractivity contribution in [1.82, 2.24) is 9.88 Å². The van der Waals surface area contributed by atoms with Crippen molar-refractivity contribution in [2.75, 3.05) is 25.1 Å². The number of hydrogen-bond acceptors (Lipinski definition) is 5. The molecule has 8 heteroatoms. The van der Waals surface area contributed by atoms with Crippen molar-refractivity contribution in [2.45, 2.75) is 32.2 Å². The van der Waals surface area contributed by atoms with Gasteiger partial charge in [-0.1, -0.05) is 6.07 Å². The summed E-state index contributed by atoms with van der Waals surface area (Å²) in [6, 6.07) is 5.41. The van der Waals surface area contributed by atoms with E-state index >= 15 is 0 Å². The number of nitrogens with one attached hydrogen (secondary N) is 1. The van der Waals surface area contributed by atoms with Gasteiger partial charge in [-0.15, -0.1) is 11.3 Å². The Labute approximate surface area is 161 Å². The van der Waals surface area contributed by atoms with Crippen LogP contribution in [0.2, 0.25) is 0 Å². The smallest absolute Gasteiger partial charge is 0.226 e. The van der Waals surface area contributed by atoms with E-state index in [9.17, 15) is 14.0 Å². The molecular formula is C19H22FN3O3S. The zero-order valence-corrected chi connectivity index (χ0v) is 15.9. The lowest BCUT2D eigenvalue weighted by Gasteiger charge is -2.35. The molecule has 0 aliphatic carbocycles. The molecule has 1 atom stereocenters. The van der Waals surface area contributed by atoms with Gasteiger partial charge in [0.2, 0.25) is 11.8 Å². The van der Waals surface area contributed by atoms with Gasteiger partial charge in [0.25, 0.3) is 0 Å². The second-order valence-electron chi connectivity index (χ2n) is 6.44. The van der Waals surface area contributed by atoms with Gasteiger partial charge in [0, 0.05) is 30.0 Å². The molecule has 1 aromatic heterocycles. The lowest BCUT2D eigenvalue weighted by atomic mass is 10.1. The van der Waals surface area contributed by atoms with Crippen LogP contribution in [0, 0.1) is 12.7 Å². The highest BCUT2D eigenvalue weighted by Crippen LogP contribution is 2.18. The zero-order chi connectivity index (χ0) is 19.2. The van der Waals surface area contributed by atoms with E-state index in [0.29, 0.717) is 38.3 Å². The van der Waals surface area contributed by atoms with Gasteiger partial charge >= 0.3 is 0 Å². The van der Waals surface area contributed by atoms with Gasteiger partial charge in [-0.05, 0) is 31.5 Å². The van der Waals surface area contributed by atoms with E-state index in [4.69, 9.17) is 4.74 Å². The van der Waals surface area contributed by atoms with Crippen molar-refractivity contribution in [3.8, 4) is 0 Å². The van der Waals surface area contributed by atoms with Gasteiger partial charge < -0.3 is 15.0 Å². The highest BCUT2D eigenvalue weighted by molar-refractivity contribution is 7.09. The van der Waals surface area contributed by atoms with Gasteiger partial charge in [-0.3, -0.25) is 9.59 Å². The molecule has 1 fully saturated rings. The second-order valence-corrected chi connectivity index (χ2v) is 7.38. The number of amides is 2. The van der Waals surface area contributed by atoms with Gasteiger partial charge in [0.1, 0.15) is 5.82 Å². The minimum atomic E-state index is -0.413. The van der Waals surface area contributed by atoms with Crippen LogP contribution in [0.25, 0.3) is 0 Å². The van der Waals surface area contributed by atoms with Crippen molar-refractivity contribution in [3.05, 3.63) is 46.2 Å². The number of carbonyl (C=O) groups excluding carboxylic acids is 2. The Morgan fingerprint density at radius 2 is 2.30 bits per heavy atom. The molecule has 0 radical (unpaired) electrons. The predicted octanol–water partition coefficient (Wildman–Crippen LogP) is 2.78. The van der Waals surface area contributed by atoms with Gasteiger partial charge in [0.15, 0.2) is 0 Å². The largest absolute Gasteiger partial charge is 0.377 e. The number of aryl methyl sites for hydroxylation is 2. The Balaban J connectivity index is 1.56. The van der Waals surface area contributed by atoms with E-state index in [2.05, 4.69) is 10.3 Å². The number of hydrogen-bond donors (Lipinski definition) is 1. The molecule has 0 unspecified atom stereocenters. The Bertz CT molecular complexity index is 811. The number of halogens is 1. The minimum absolute atomic E-state index is 0.00894. The van der Waals surface area contributed by atoms with E-state index in [1.165, 1.54) is 18.2 Å². The summed E-state index contributed by atoms with van der Waals surface area (Å²) in [5, 5.41) is 2.67. The third-order valence-corrected chi connectivity index (χ3v) is 5.48. The van der Waals surface area contributed by atoms with Crippen LogP contribution in [0.4, 0.5) is 10.1 Å². The van der Waals surface area contributed by atoms with E-state index in [0.717, 1.165) is 10.6 Å². The Hall–Kier alpha value is -2.32. The number of rotatable bonds is 6. The summed E-state index contributed by atoms with van der Waals surface area (Å²) in [6.45, 7) is 3.19. The summed E-state index contributed by atoms with van der Waals surface area (Å²) < 4.78 is 18.7. The summed E-state index contributed by atoms with van der Waals surface area (Å²) in [5.41, 5.74) is 3.14. The zero-order valence-electron chi connectivity index (χ0n) is 15.1. The number of carbonyl (C=O) groups is 2. The first kappa shape index (κ1) is 19.4. The lowest BCUT2D eigenvalue weighted by molar-refractivity contribution is -0.141. The number of aromatic nitrogens is 1. The fourth-order valence-corrected chi connectivity index (χ4v) is 3.86. The molecular weight excluding hydrogens is 369 g/mol. The number of nitrogens with zero attached hydrogens (tertiary/aromatic N) is 2. The molecule has 1 N–H and O–H groups in total. The van der Waals surface area contributed by atoms with Crippen molar-refractivity contribution >= 4 is 28.8 Å². The van der Waals surface area contributed by atoms with E-state index in [-0.39, 0.29) is 24.3 Å². The summed E-state index contributed by atoms with van der Waals surface area (Å²) in [6.07, 6.45) is 1.14.